The van der Waals surface area contributed by atoms with Crippen molar-refractivity contribution in [1.82, 2.24) is 4.90 Å². The van der Waals surface area contributed by atoms with Crippen molar-refractivity contribution in [2.45, 2.75) is 63.6 Å². The van der Waals surface area contributed by atoms with Crippen molar-refractivity contribution in [2.75, 3.05) is 19.6 Å². The number of alkyl halides is 3. The average Bonchev–Trinajstić information content (AvgIpc) is 2.34. The molecule has 1 rings (SSSR count). The van der Waals surface area contributed by atoms with Gasteiger partial charge in [-0.05, 0) is 19.6 Å². The Labute approximate surface area is 123 Å². The summed E-state index contributed by atoms with van der Waals surface area (Å²) in [4.78, 5) is 2.38. The molecule has 0 saturated heterocycles. The third-order valence-corrected chi connectivity index (χ3v) is 2.84. The molecule has 0 aliphatic heterocycles. The van der Waals surface area contributed by atoms with Crippen molar-refractivity contribution in [1.29, 1.82) is 0 Å². The van der Waals surface area contributed by atoms with Gasteiger partial charge in [0.15, 0.2) is 4.30 Å². The number of hydrogen-bond donors (Lipinski definition) is 0. The first kappa shape index (κ1) is 20.2. The molecular weight excluding hydrogens is 277 g/mol. The van der Waals surface area contributed by atoms with E-state index in [9.17, 15) is 0 Å². The zero-order chi connectivity index (χ0) is 13.5. The minimum atomic E-state index is -0.750. The zero-order valence-corrected chi connectivity index (χ0v) is 13.8. The largest absolute Gasteiger partial charge is 0.304 e. The first-order chi connectivity index (χ1) is 8.08. The van der Waals surface area contributed by atoms with E-state index in [4.69, 9.17) is 34.8 Å². The summed E-state index contributed by atoms with van der Waals surface area (Å²) < 4.78 is -0.750. The van der Waals surface area contributed by atoms with Crippen LogP contribution in [0.4, 0.5) is 0 Å². The third-order valence-electron chi connectivity index (χ3n) is 2.84. The van der Waals surface area contributed by atoms with Crippen molar-refractivity contribution < 1.29 is 0 Å². The molecule has 0 aromatic heterocycles. The molecule has 0 bridgehead atoms. The van der Waals surface area contributed by atoms with Crippen LogP contribution in [0.5, 0.6) is 0 Å². The maximum atomic E-state index is 4.81. The molecule has 1 nitrogen and oxygen atoms in total. The molecule has 17 heavy (non-hydrogen) atoms. The molecule has 0 spiro atoms. The van der Waals surface area contributed by atoms with Crippen LogP contribution in [0.3, 0.4) is 0 Å². The van der Waals surface area contributed by atoms with Gasteiger partial charge in [-0.25, -0.2) is 0 Å². The van der Waals surface area contributed by atoms with E-state index in [0.717, 1.165) is 0 Å². The van der Waals surface area contributed by atoms with Gasteiger partial charge in [-0.1, -0.05) is 94.1 Å². The van der Waals surface area contributed by atoms with E-state index < -0.39 is 4.30 Å². The van der Waals surface area contributed by atoms with Crippen LogP contribution in [0.1, 0.15) is 59.3 Å². The van der Waals surface area contributed by atoms with Gasteiger partial charge < -0.3 is 4.90 Å². The summed E-state index contributed by atoms with van der Waals surface area (Å²) in [5.74, 6) is 0. The lowest BCUT2D eigenvalue weighted by molar-refractivity contribution is 0.321. The molecule has 1 fully saturated rings. The highest BCUT2D eigenvalue weighted by Gasteiger charge is 1.95. The van der Waals surface area contributed by atoms with Crippen LogP contribution in [-0.2, 0) is 0 Å². The van der Waals surface area contributed by atoms with Gasteiger partial charge in [0.2, 0.25) is 0 Å². The van der Waals surface area contributed by atoms with Crippen molar-refractivity contribution in [3.05, 3.63) is 0 Å². The Hall–Kier alpha value is 0.830. The maximum absolute atomic E-state index is 4.81. The summed E-state index contributed by atoms with van der Waals surface area (Å²) in [6.07, 6.45) is 9.00. The van der Waals surface area contributed by atoms with E-state index in [-0.39, 0.29) is 0 Å². The molecule has 0 aromatic rings. The van der Waals surface area contributed by atoms with Gasteiger partial charge in [0.1, 0.15) is 0 Å². The minimum absolute atomic E-state index is 0.750. The predicted molar refractivity (Wildman–Crippen MR) is 82.5 cm³/mol. The Morgan fingerprint density at radius 1 is 0.706 bits per heavy atom. The van der Waals surface area contributed by atoms with Crippen LogP contribution >= 0.6 is 34.8 Å². The van der Waals surface area contributed by atoms with E-state index in [0.29, 0.717) is 0 Å². The Morgan fingerprint density at radius 2 is 0.882 bits per heavy atom. The average molecular weight is 305 g/mol. The molecule has 1 saturated carbocycles. The van der Waals surface area contributed by atoms with Gasteiger partial charge in [0, 0.05) is 0 Å². The third kappa shape index (κ3) is 22.5. The van der Waals surface area contributed by atoms with E-state index in [2.05, 4.69) is 25.7 Å². The second-order valence-electron chi connectivity index (χ2n) is 3.99. The molecule has 0 N–H and O–H groups in total. The van der Waals surface area contributed by atoms with Crippen LogP contribution in [0, 0.1) is 0 Å². The number of nitrogens with zero attached hydrogens (tertiary/aromatic N) is 1. The predicted octanol–water partition coefficient (Wildman–Crippen LogP) is 5.68. The van der Waals surface area contributed by atoms with Gasteiger partial charge in [-0.3, -0.25) is 0 Å². The van der Waals surface area contributed by atoms with Crippen molar-refractivity contribution in [3.8, 4) is 0 Å². The molecule has 0 unspecified atom stereocenters. The molecular formula is C13H28Cl3N. The van der Waals surface area contributed by atoms with Gasteiger partial charge in [0.25, 0.3) is 0 Å². The number of hydrogen-bond acceptors (Lipinski definition) is 1. The maximum Gasteiger partial charge on any atom is 0.180 e. The van der Waals surface area contributed by atoms with E-state index >= 15 is 0 Å². The lowest BCUT2D eigenvalue weighted by atomic mass is 10.0. The van der Waals surface area contributed by atoms with Gasteiger partial charge in [-0.2, -0.15) is 0 Å². The van der Waals surface area contributed by atoms with Gasteiger partial charge >= 0.3 is 0 Å². The van der Waals surface area contributed by atoms with Crippen molar-refractivity contribution >= 4 is 34.8 Å². The second kappa shape index (κ2) is 16.8. The molecule has 0 atom stereocenters. The molecule has 1 aliphatic rings. The minimum Gasteiger partial charge on any atom is -0.304 e. The smallest absolute Gasteiger partial charge is 0.180 e. The van der Waals surface area contributed by atoms with Crippen LogP contribution < -0.4 is 0 Å². The number of halogens is 3. The second-order valence-corrected chi connectivity index (χ2v) is 5.97. The Kier molecular flexibility index (Phi) is 20.0. The molecule has 106 valence electrons. The highest BCUT2D eigenvalue weighted by Crippen LogP contribution is 2.15. The lowest BCUT2D eigenvalue weighted by Crippen LogP contribution is -2.21. The summed E-state index contributed by atoms with van der Waals surface area (Å²) in [7, 11) is 0. The van der Waals surface area contributed by atoms with Crippen LogP contribution in [0.2, 0.25) is 0 Å². The van der Waals surface area contributed by atoms with Gasteiger partial charge in [-0.15, -0.1) is 0 Å². The highest BCUT2D eigenvalue weighted by atomic mass is 35.6. The molecule has 0 aromatic carbocycles. The SMILES string of the molecule is C1CCCCC1.CCN(CC)CC.ClC(Cl)Cl. The first-order valence-electron chi connectivity index (χ1n) is 6.72. The fraction of sp³-hybridized carbons (Fsp3) is 1.00. The highest BCUT2D eigenvalue weighted by molar-refractivity contribution is 6.63. The fourth-order valence-corrected chi connectivity index (χ4v) is 1.73. The molecule has 0 radical (unpaired) electrons. The van der Waals surface area contributed by atoms with E-state index in [1.165, 1.54) is 58.2 Å². The summed E-state index contributed by atoms with van der Waals surface area (Å²) in [5.41, 5.74) is 0. The summed E-state index contributed by atoms with van der Waals surface area (Å²) >= 11 is 14.4. The van der Waals surface area contributed by atoms with E-state index in [1.807, 2.05) is 0 Å². The normalized spacial score (nSPS) is 14.8. The lowest BCUT2D eigenvalue weighted by Gasteiger charge is -2.13. The molecule has 0 amide bonds. The first-order valence-corrected chi connectivity index (χ1v) is 8.03. The zero-order valence-electron chi connectivity index (χ0n) is 11.5. The Bertz CT molecular complexity index is 104. The quantitative estimate of drug-likeness (QED) is 0.607. The van der Waals surface area contributed by atoms with Gasteiger partial charge in [0.05, 0.1) is 0 Å². The molecule has 0 heterocycles. The molecule has 1 aliphatic carbocycles. The molecule has 4 heteroatoms. The topological polar surface area (TPSA) is 3.24 Å². The van der Waals surface area contributed by atoms with Crippen molar-refractivity contribution in [2.24, 2.45) is 0 Å². The van der Waals surface area contributed by atoms with E-state index in [1.54, 1.807) is 0 Å². The monoisotopic (exact) mass is 303 g/mol. The standard InChI is InChI=1S/C6H15N.C6H12.CHCl3/c1-4-7(5-2)6-3;1-2-4-6-5-3-1;2-1(3)4/h4-6H2,1-3H3;1-6H2;1H. The van der Waals surface area contributed by atoms with Crippen LogP contribution in [-0.4, -0.2) is 28.8 Å². The van der Waals surface area contributed by atoms with Crippen LogP contribution in [0.25, 0.3) is 0 Å². The fourth-order valence-electron chi connectivity index (χ4n) is 1.73. The van der Waals surface area contributed by atoms with Crippen molar-refractivity contribution in [3.63, 3.8) is 0 Å². The summed E-state index contributed by atoms with van der Waals surface area (Å²) in [5, 5.41) is 0. The Balaban J connectivity index is 0. The van der Waals surface area contributed by atoms with Crippen LogP contribution in [0.15, 0.2) is 0 Å². The number of rotatable bonds is 3. The summed E-state index contributed by atoms with van der Waals surface area (Å²) in [6.45, 7) is 10.1. The summed E-state index contributed by atoms with van der Waals surface area (Å²) in [6, 6.07) is 0. The Morgan fingerprint density at radius 3 is 0.941 bits per heavy atom.